The van der Waals surface area contributed by atoms with Crippen molar-refractivity contribution in [2.75, 3.05) is 19.6 Å². The lowest BCUT2D eigenvalue weighted by atomic mass is 9.95. The highest BCUT2D eigenvalue weighted by molar-refractivity contribution is 4.85. The van der Waals surface area contributed by atoms with E-state index in [0.29, 0.717) is 0 Å². The summed E-state index contributed by atoms with van der Waals surface area (Å²) in [4.78, 5) is 2.71. The molecule has 2 unspecified atom stereocenters. The summed E-state index contributed by atoms with van der Waals surface area (Å²) in [7, 11) is 0. The molecule has 0 radical (unpaired) electrons. The molecule has 0 saturated carbocycles. The van der Waals surface area contributed by atoms with Gasteiger partial charge in [0.25, 0.3) is 0 Å². The fourth-order valence-electron chi connectivity index (χ4n) is 2.72. The molecule has 15 heavy (non-hydrogen) atoms. The van der Waals surface area contributed by atoms with Crippen molar-refractivity contribution in [2.45, 2.75) is 53.1 Å². The van der Waals surface area contributed by atoms with Crippen molar-refractivity contribution in [1.82, 2.24) is 10.2 Å². The number of nitrogens with one attached hydrogen (secondary N) is 1. The smallest absolute Gasteiger partial charge is 0.0246 e. The van der Waals surface area contributed by atoms with Gasteiger partial charge in [0.05, 0.1) is 0 Å². The van der Waals surface area contributed by atoms with E-state index in [-0.39, 0.29) is 0 Å². The molecular weight excluding hydrogens is 184 g/mol. The summed E-state index contributed by atoms with van der Waals surface area (Å²) < 4.78 is 0. The summed E-state index contributed by atoms with van der Waals surface area (Å²) in [6, 6.07) is 1.46. The Morgan fingerprint density at radius 2 is 1.87 bits per heavy atom. The minimum atomic E-state index is 0.729. The lowest BCUT2D eigenvalue weighted by Gasteiger charge is -2.43. The summed E-state index contributed by atoms with van der Waals surface area (Å²) in [6.07, 6.45) is 1.32. The van der Waals surface area contributed by atoms with Gasteiger partial charge in [0.1, 0.15) is 0 Å². The normalized spacial score (nSPS) is 26.2. The second-order valence-corrected chi connectivity index (χ2v) is 5.73. The highest BCUT2D eigenvalue weighted by Gasteiger charge is 2.28. The van der Waals surface area contributed by atoms with Gasteiger partial charge in [-0.15, -0.1) is 0 Å². The van der Waals surface area contributed by atoms with Gasteiger partial charge >= 0.3 is 0 Å². The third-order valence-electron chi connectivity index (χ3n) is 3.47. The number of rotatable bonds is 4. The Morgan fingerprint density at radius 3 is 2.40 bits per heavy atom. The Balaban J connectivity index is 2.55. The van der Waals surface area contributed by atoms with E-state index >= 15 is 0 Å². The van der Waals surface area contributed by atoms with E-state index in [1.54, 1.807) is 0 Å². The molecule has 0 spiro atoms. The third-order valence-corrected chi connectivity index (χ3v) is 3.47. The van der Waals surface area contributed by atoms with Gasteiger partial charge in [0.2, 0.25) is 0 Å². The molecule has 90 valence electrons. The average molecular weight is 212 g/mol. The van der Waals surface area contributed by atoms with Crippen molar-refractivity contribution in [3.63, 3.8) is 0 Å². The van der Waals surface area contributed by atoms with Crippen LogP contribution in [0, 0.1) is 11.8 Å². The Kier molecular flexibility index (Phi) is 5.07. The van der Waals surface area contributed by atoms with E-state index in [0.717, 1.165) is 30.5 Å². The van der Waals surface area contributed by atoms with Crippen LogP contribution in [0.3, 0.4) is 0 Å². The van der Waals surface area contributed by atoms with Gasteiger partial charge in [-0.05, 0) is 25.2 Å². The van der Waals surface area contributed by atoms with Crippen LogP contribution < -0.4 is 5.32 Å². The fraction of sp³-hybridized carbons (Fsp3) is 1.00. The fourth-order valence-corrected chi connectivity index (χ4v) is 2.72. The van der Waals surface area contributed by atoms with Crippen LogP contribution >= 0.6 is 0 Å². The van der Waals surface area contributed by atoms with Crippen molar-refractivity contribution in [2.24, 2.45) is 11.8 Å². The lowest BCUT2D eigenvalue weighted by molar-refractivity contribution is 0.0747. The largest absolute Gasteiger partial charge is 0.314 e. The van der Waals surface area contributed by atoms with E-state index in [2.05, 4.69) is 44.8 Å². The summed E-state index contributed by atoms with van der Waals surface area (Å²) in [5, 5.41) is 3.51. The molecule has 0 aromatic heterocycles. The molecule has 1 N–H and O–H groups in total. The topological polar surface area (TPSA) is 15.3 Å². The van der Waals surface area contributed by atoms with Gasteiger partial charge < -0.3 is 5.32 Å². The lowest BCUT2D eigenvalue weighted by Crippen LogP contribution is -2.56. The van der Waals surface area contributed by atoms with Crippen LogP contribution in [0.4, 0.5) is 0 Å². The van der Waals surface area contributed by atoms with Crippen LogP contribution in [0.1, 0.15) is 41.0 Å². The SMILES string of the molecule is CC(C)CC(C)N1CCNCC1C(C)C. The molecule has 1 aliphatic heterocycles. The van der Waals surface area contributed by atoms with Gasteiger partial charge in [-0.3, -0.25) is 4.90 Å². The Bertz CT molecular complexity index is 177. The zero-order valence-corrected chi connectivity index (χ0v) is 11.1. The van der Waals surface area contributed by atoms with E-state index < -0.39 is 0 Å². The van der Waals surface area contributed by atoms with Crippen molar-refractivity contribution in [3.8, 4) is 0 Å². The molecule has 0 aliphatic carbocycles. The molecule has 1 heterocycles. The van der Waals surface area contributed by atoms with Crippen molar-refractivity contribution < 1.29 is 0 Å². The molecule has 2 atom stereocenters. The summed E-state index contributed by atoms with van der Waals surface area (Å²) in [6.45, 7) is 15.3. The molecule has 1 aliphatic rings. The summed E-state index contributed by atoms with van der Waals surface area (Å²) >= 11 is 0. The first-order valence-electron chi connectivity index (χ1n) is 6.48. The van der Waals surface area contributed by atoms with Crippen LogP contribution in [0.2, 0.25) is 0 Å². The van der Waals surface area contributed by atoms with Gasteiger partial charge in [0.15, 0.2) is 0 Å². The van der Waals surface area contributed by atoms with Crippen LogP contribution in [0.15, 0.2) is 0 Å². The van der Waals surface area contributed by atoms with Crippen LogP contribution in [0.25, 0.3) is 0 Å². The summed E-state index contributed by atoms with van der Waals surface area (Å²) in [5.74, 6) is 1.56. The number of nitrogens with zero attached hydrogens (tertiary/aromatic N) is 1. The number of piperazine rings is 1. The molecule has 0 amide bonds. The maximum absolute atomic E-state index is 3.51. The molecule has 0 aromatic carbocycles. The predicted molar refractivity (Wildman–Crippen MR) is 67.1 cm³/mol. The first kappa shape index (κ1) is 13.0. The average Bonchev–Trinajstić information content (AvgIpc) is 2.16. The van der Waals surface area contributed by atoms with E-state index in [9.17, 15) is 0 Å². The molecule has 0 bridgehead atoms. The quantitative estimate of drug-likeness (QED) is 0.769. The minimum absolute atomic E-state index is 0.729. The Labute approximate surface area is 95.4 Å². The van der Waals surface area contributed by atoms with E-state index in [4.69, 9.17) is 0 Å². The molecule has 2 heteroatoms. The van der Waals surface area contributed by atoms with Crippen LogP contribution in [-0.2, 0) is 0 Å². The highest BCUT2D eigenvalue weighted by atomic mass is 15.2. The molecule has 1 saturated heterocycles. The molecule has 1 fully saturated rings. The number of hydrogen-bond donors (Lipinski definition) is 1. The van der Waals surface area contributed by atoms with Crippen LogP contribution in [-0.4, -0.2) is 36.6 Å². The Hall–Kier alpha value is -0.0800. The van der Waals surface area contributed by atoms with Crippen molar-refractivity contribution in [3.05, 3.63) is 0 Å². The van der Waals surface area contributed by atoms with Gasteiger partial charge in [-0.25, -0.2) is 0 Å². The standard InChI is InChI=1S/C13H28N2/c1-10(2)8-12(5)15-7-6-14-9-13(15)11(3)4/h10-14H,6-9H2,1-5H3. The maximum Gasteiger partial charge on any atom is 0.0246 e. The second kappa shape index (κ2) is 5.86. The minimum Gasteiger partial charge on any atom is -0.314 e. The number of hydrogen-bond acceptors (Lipinski definition) is 2. The van der Waals surface area contributed by atoms with E-state index in [1.807, 2.05) is 0 Å². The molecule has 1 rings (SSSR count). The third kappa shape index (κ3) is 3.76. The second-order valence-electron chi connectivity index (χ2n) is 5.73. The van der Waals surface area contributed by atoms with Gasteiger partial charge in [-0.1, -0.05) is 27.7 Å². The van der Waals surface area contributed by atoms with Crippen molar-refractivity contribution >= 4 is 0 Å². The first-order chi connectivity index (χ1) is 7.02. The predicted octanol–water partition coefficient (Wildman–Crippen LogP) is 2.35. The molecule has 0 aromatic rings. The van der Waals surface area contributed by atoms with E-state index in [1.165, 1.54) is 19.5 Å². The molecule has 2 nitrogen and oxygen atoms in total. The Morgan fingerprint density at radius 1 is 1.20 bits per heavy atom. The first-order valence-corrected chi connectivity index (χ1v) is 6.48. The monoisotopic (exact) mass is 212 g/mol. The maximum atomic E-state index is 3.51. The van der Waals surface area contributed by atoms with Gasteiger partial charge in [0, 0.05) is 31.7 Å². The van der Waals surface area contributed by atoms with Crippen LogP contribution in [0.5, 0.6) is 0 Å². The highest BCUT2D eigenvalue weighted by Crippen LogP contribution is 2.19. The van der Waals surface area contributed by atoms with Crippen molar-refractivity contribution in [1.29, 1.82) is 0 Å². The molecular formula is C13H28N2. The summed E-state index contributed by atoms with van der Waals surface area (Å²) in [5.41, 5.74) is 0. The zero-order valence-electron chi connectivity index (χ0n) is 11.1. The van der Waals surface area contributed by atoms with Gasteiger partial charge in [-0.2, -0.15) is 0 Å². The zero-order chi connectivity index (χ0) is 11.4.